The van der Waals surface area contributed by atoms with E-state index in [4.69, 9.17) is 10.5 Å². The highest BCUT2D eigenvalue weighted by atomic mass is 16.6. The number of ether oxygens (including phenoxy) is 1. The number of benzene rings is 1. The average molecular weight is 375 g/mol. The van der Waals surface area contributed by atoms with Crippen molar-refractivity contribution in [3.63, 3.8) is 0 Å². The molecule has 1 heterocycles. The summed E-state index contributed by atoms with van der Waals surface area (Å²) >= 11 is 0. The maximum atomic E-state index is 12.8. The number of rotatable bonds is 6. The topological polar surface area (TPSA) is 98.7 Å². The Balaban J connectivity index is 1.48. The zero-order chi connectivity index (χ0) is 19.3. The van der Waals surface area contributed by atoms with Gasteiger partial charge in [0.05, 0.1) is 4.92 Å². The predicted molar refractivity (Wildman–Crippen MR) is 103 cm³/mol. The number of nitro groups is 1. The standard InChI is InChI=1S/C20H29N3O4/c21-15-20(10-2-1-3-11-20)14-19(24)22-12-8-18(9-13-22)27-17-6-4-16(5-7-17)23(25)26/h4-7,18H,1-3,8-15,21H2. The lowest BCUT2D eigenvalue weighted by molar-refractivity contribution is -0.384. The highest BCUT2D eigenvalue weighted by Crippen LogP contribution is 2.39. The van der Waals surface area contributed by atoms with Crippen LogP contribution in [0.3, 0.4) is 0 Å². The van der Waals surface area contributed by atoms with Gasteiger partial charge in [-0.3, -0.25) is 14.9 Å². The maximum Gasteiger partial charge on any atom is 0.269 e. The predicted octanol–water partition coefficient (Wildman–Crippen LogP) is 3.26. The maximum absolute atomic E-state index is 12.8. The fourth-order valence-corrected chi connectivity index (χ4v) is 4.25. The Hall–Kier alpha value is -2.15. The summed E-state index contributed by atoms with van der Waals surface area (Å²) in [6, 6.07) is 6.16. The molecule has 27 heavy (non-hydrogen) atoms. The van der Waals surface area contributed by atoms with E-state index >= 15 is 0 Å². The molecule has 2 N–H and O–H groups in total. The van der Waals surface area contributed by atoms with E-state index in [0.29, 0.717) is 31.8 Å². The van der Waals surface area contributed by atoms with Crippen molar-refractivity contribution < 1.29 is 14.5 Å². The van der Waals surface area contributed by atoms with Gasteiger partial charge in [0.15, 0.2) is 0 Å². The summed E-state index contributed by atoms with van der Waals surface area (Å²) in [5, 5.41) is 10.7. The number of piperidine rings is 1. The highest BCUT2D eigenvalue weighted by molar-refractivity contribution is 5.77. The van der Waals surface area contributed by atoms with E-state index in [2.05, 4.69) is 0 Å². The number of amides is 1. The summed E-state index contributed by atoms with van der Waals surface area (Å²) < 4.78 is 5.93. The Labute approximate surface area is 160 Å². The van der Waals surface area contributed by atoms with Crippen LogP contribution in [0.15, 0.2) is 24.3 Å². The second-order valence-electron chi connectivity index (χ2n) is 7.89. The third-order valence-electron chi connectivity index (χ3n) is 6.02. The fourth-order valence-electron chi connectivity index (χ4n) is 4.25. The number of likely N-dealkylation sites (tertiary alicyclic amines) is 1. The van der Waals surface area contributed by atoms with Crippen molar-refractivity contribution in [3.8, 4) is 5.75 Å². The zero-order valence-corrected chi connectivity index (χ0v) is 15.8. The van der Waals surface area contributed by atoms with Crippen LogP contribution in [0, 0.1) is 15.5 Å². The van der Waals surface area contributed by atoms with Crippen LogP contribution >= 0.6 is 0 Å². The Morgan fingerprint density at radius 2 is 1.81 bits per heavy atom. The molecule has 1 aromatic rings. The number of nitrogens with zero attached hydrogens (tertiary/aromatic N) is 2. The van der Waals surface area contributed by atoms with Crippen molar-refractivity contribution in [2.75, 3.05) is 19.6 Å². The minimum absolute atomic E-state index is 0.00143. The van der Waals surface area contributed by atoms with Gasteiger partial charge in [0.2, 0.25) is 5.91 Å². The van der Waals surface area contributed by atoms with E-state index in [9.17, 15) is 14.9 Å². The van der Waals surface area contributed by atoms with Crippen molar-refractivity contribution in [1.29, 1.82) is 0 Å². The van der Waals surface area contributed by atoms with Crippen LogP contribution in [0.5, 0.6) is 5.75 Å². The number of non-ortho nitro benzene ring substituents is 1. The highest BCUT2D eigenvalue weighted by Gasteiger charge is 2.35. The molecular formula is C20H29N3O4. The molecule has 0 aromatic heterocycles. The molecule has 0 bridgehead atoms. The normalized spacial score (nSPS) is 20.3. The van der Waals surface area contributed by atoms with Crippen molar-refractivity contribution in [3.05, 3.63) is 34.4 Å². The molecule has 7 nitrogen and oxygen atoms in total. The quantitative estimate of drug-likeness (QED) is 0.608. The first kappa shape index (κ1) is 19.6. The summed E-state index contributed by atoms with van der Waals surface area (Å²) in [6.07, 6.45) is 7.89. The van der Waals surface area contributed by atoms with Crippen LogP contribution in [-0.4, -0.2) is 41.5 Å². The number of nitrogens with two attached hydrogens (primary N) is 1. The molecule has 0 radical (unpaired) electrons. The lowest BCUT2D eigenvalue weighted by atomic mass is 9.71. The molecule has 7 heteroatoms. The molecule has 148 valence electrons. The van der Waals surface area contributed by atoms with Gasteiger partial charge in [0, 0.05) is 44.5 Å². The van der Waals surface area contributed by atoms with Gasteiger partial charge in [0.1, 0.15) is 11.9 Å². The summed E-state index contributed by atoms with van der Waals surface area (Å²) in [7, 11) is 0. The Morgan fingerprint density at radius 3 is 2.37 bits per heavy atom. The van der Waals surface area contributed by atoms with Gasteiger partial charge in [0.25, 0.3) is 5.69 Å². The molecule has 0 atom stereocenters. The van der Waals surface area contributed by atoms with Crippen molar-refractivity contribution >= 4 is 11.6 Å². The first-order valence-electron chi connectivity index (χ1n) is 9.90. The summed E-state index contributed by atoms with van der Waals surface area (Å²) in [6.45, 7) is 1.98. The smallest absolute Gasteiger partial charge is 0.269 e. The lowest BCUT2D eigenvalue weighted by Gasteiger charge is -2.39. The molecular weight excluding hydrogens is 346 g/mol. The minimum Gasteiger partial charge on any atom is -0.490 e. The SMILES string of the molecule is NCC1(CC(=O)N2CCC(Oc3ccc([N+](=O)[O-])cc3)CC2)CCCCC1. The van der Waals surface area contributed by atoms with Gasteiger partial charge >= 0.3 is 0 Å². The molecule has 2 fully saturated rings. The summed E-state index contributed by atoms with van der Waals surface area (Å²) in [5.41, 5.74) is 6.08. The van der Waals surface area contributed by atoms with Gasteiger partial charge in [-0.1, -0.05) is 19.3 Å². The van der Waals surface area contributed by atoms with E-state index in [1.165, 1.54) is 31.4 Å². The van der Waals surface area contributed by atoms with Gasteiger partial charge in [-0.25, -0.2) is 0 Å². The van der Waals surface area contributed by atoms with Crippen LogP contribution in [-0.2, 0) is 4.79 Å². The molecule has 0 spiro atoms. The van der Waals surface area contributed by atoms with E-state index in [-0.39, 0.29) is 23.1 Å². The molecule has 1 aliphatic carbocycles. The van der Waals surface area contributed by atoms with E-state index in [1.54, 1.807) is 12.1 Å². The monoisotopic (exact) mass is 375 g/mol. The molecule has 1 aliphatic heterocycles. The molecule has 1 aromatic carbocycles. The first-order valence-corrected chi connectivity index (χ1v) is 9.90. The fraction of sp³-hybridized carbons (Fsp3) is 0.650. The molecule has 2 aliphatic rings. The Bertz CT molecular complexity index is 648. The summed E-state index contributed by atoms with van der Waals surface area (Å²) in [5.74, 6) is 0.853. The van der Waals surface area contributed by atoms with Crippen LogP contribution in [0.4, 0.5) is 5.69 Å². The van der Waals surface area contributed by atoms with Gasteiger partial charge in [-0.05, 0) is 36.9 Å². The number of hydrogen-bond donors (Lipinski definition) is 1. The van der Waals surface area contributed by atoms with Crippen LogP contribution in [0.2, 0.25) is 0 Å². The number of nitro benzene ring substituents is 1. The number of hydrogen-bond acceptors (Lipinski definition) is 5. The first-order chi connectivity index (χ1) is 13.0. The molecule has 1 amide bonds. The van der Waals surface area contributed by atoms with Gasteiger partial charge in [-0.15, -0.1) is 0 Å². The van der Waals surface area contributed by atoms with Crippen molar-refractivity contribution in [2.45, 2.75) is 57.5 Å². The molecule has 1 saturated carbocycles. The van der Waals surface area contributed by atoms with E-state index < -0.39 is 4.92 Å². The minimum atomic E-state index is -0.422. The average Bonchev–Trinajstić information content (AvgIpc) is 2.69. The van der Waals surface area contributed by atoms with E-state index in [0.717, 1.165) is 25.7 Å². The van der Waals surface area contributed by atoms with Crippen molar-refractivity contribution in [2.24, 2.45) is 11.1 Å². The molecule has 0 unspecified atom stereocenters. The second kappa shape index (κ2) is 8.69. The van der Waals surface area contributed by atoms with Crippen molar-refractivity contribution in [1.82, 2.24) is 4.90 Å². The largest absolute Gasteiger partial charge is 0.490 e. The Morgan fingerprint density at radius 1 is 1.19 bits per heavy atom. The number of carbonyl (C=O) groups is 1. The molecule has 3 rings (SSSR count). The lowest BCUT2D eigenvalue weighted by Crippen LogP contribution is -2.45. The summed E-state index contributed by atoms with van der Waals surface area (Å²) in [4.78, 5) is 25.0. The van der Waals surface area contributed by atoms with Gasteiger partial charge in [-0.2, -0.15) is 0 Å². The second-order valence-corrected chi connectivity index (χ2v) is 7.89. The molecule has 1 saturated heterocycles. The third kappa shape index (κ3) is 4.97. The van der Waals surface area contributed by atoms with E-state index in [1.807, 2.05) is 4.90 Å². The Kier molecular flexibility index (Phi) is 6.31. The van der Waals surface area contributed by atoms with Crippen LogP contribution in [0.25, 0.3) is 0 Å². The third-order valence-corrected chi connectivity index (χ3v) is 6.02. The zero-order valence-electron chi connectivity index (χ0n) is 15.8. The number of carbonyl (C=O) groups excluding carboxylic acids is 1. The van der Waals surface area contributed by atoms with Crippen LogP contribution < -0.4 is 10.5 Å². The van der Waals surface area contributed by atoms with Gasteiger partial charge < -0.3 is 15.4 Å². The van der Waals surface area contributed by atoms with Crippen LogP contribution in [0.1, 0.15) is 51.4 Å².